The molecule has 0 radical (unpaired) electrons. The highest BCUT2D eigenvalue weighted by molar-refractivity contribution is 7.98. The number of benzene rings is 2. The maximum absolute atomic E-state index is 11.4. The fourth-order valence-electron chi connectivity index (χ4n) is 5.01. The zero-order valence-electron chi connectivity index (χ0n) is 20.5. The predicted molar refractivity (Wildman–Crippen MR) is 134 cm³/mol. The van der Waals surface area contributed by atoms with Gasteiger partial charge in [0.1, 0.15) is 17.8 Å². The molecule has 1 fully saturated rings. The van der Waals surface area contributed by atoms with E-state index in [-0.39, 0.29) is 30.3 Å². The van der Waals surface area contributed by atoms with E-state index in [4.69, 9.17) is 9.47 Å². The summed E-state index contributed by atoms with van der Waals surface area (Å²) in [6.45, 7) is 8.96. The number of thioether (sulfide) groups is 1. The lowest BCUT2D eigenvalue weighted by atomic mass is 9.94. The molecule has 5 atom stereocenters. The van der Waals surface area contributed by atoms with Crippen LogP contribution in [0.1, 0.15) is 55.0 Å². The lowest BCUT2D eigenvalue weighted by Gasteiger charge is -2.28. The van der Waals surface area contributed by atoms with Gasteiger partial charge in [0.05, 0.1) is 18.8 Å². The number of carboxylic acids is 1. The number of hydrogen-bond acceptors (Lipinski definition) is 6. The van der Waals surface area contributed by atoms with Crippen LogP contribution in [0.25, 0.3) is 0 Å². The Labute approximate surface area is 206 Å². The Hall–Kier alpha value is -2.06. The molecule has 2 aromatic rings. The first-order valence-electron chi connectivity index (χ1n) is 11.8. The number of aliphatic hydroxyl groups is 1. The molecule has 1 heterocycles. The Morgan fingerprint density at radius 2 is 2.06 bits per heavy atom. The van der Waals surface area contributed by atoms with Crippen molar-refractivity contribution in [1.29, 1.82) is 0 Å². The van der Waals surface area contributed by atoms with Crippen LogP contribution < -0.4 is 10.1 Å². The van der Waals surface area contributed by atoms with Crippen LogP contribution in [0.15, 0.2) is 41.3 Å². The second kappa shape index (κ2) is 9.90. The summed E-state index contributed by atoms with van der Waals surface area (Å²) in [5, 5.41) is 23.4. The Bertz CT molecular complexity index is 1060. The van der Waals surface area contributed by atoms with Gasteiger partial charge in [0.25, 0.3) is 0 Å². The van der Waals surface area contributed by atoms with E-state index >= 15 is 0 Å². The summed E-state index contributed by atoms with van der Waals surface area (Å²) in [5.74, 6) is -0.636. The Balaban J connectivity index is 1.29. The summed E-state index contributed by atoms with van der Waals surface area (Å²) < 4.78 is 11.8. The van der Waals surface area contributed by atoms with E-state index in [1.165, 1.54) is 16.0 Å². The minimum atomic E-state index is -0.816. The van der Waals surface area contributed by atoms with Gasteiger partial charge >= 0.3 is 5.97 Å². The largest absolute Gasteiger partial charge is 0.489 e. The molecule has 2 aliphatic rings. The molecule has 7 heteroatoms. The van der Waals surface area contributed by atoms with E-state index in [1.54, 1.807) is 11.8 Å². The van der Waals surface area contributed by atoms with E-state index < -0.39 is 18.0 Å². The minimum Gasteiger partial charge on any atom is -0.489 e. The van der Waals surface area contributed by atoms with Crippen LogP contribution in [0.3, 0.4) is 0 Å². The highest BCUT2D eigenvalue weighted by Crippen LogP contribution is 2.60. The molecular formula is C27H35NO5S. The van der Waals surface area contributed by atoms with Crippen LogP contribution in [0.5, 0.6) is 5.75 Å². The first-order valence-corrected chi connectivity index (χ1v) is 13.0. The predicted octanol–water partition coefficient (Wildman–Crippen LogP) is 4.33. The van der Waals surface area contributed by atoms with E-state index in [9.17, 15) is 15.0 Å². The molecule has 4 rings (SSSR count). The van der Waals surface area contributed by atoms with E-state index in [0.717, 1.165) is 23.3 Å². The van der Waals surface area contributed by atoms with Crippen molar-refractivity contribution in [3.63, 3.8) is 0 Å². The minimum absolute atomic E-state index is 0.101. The van der Waals surface area contributed by atoms with Crippen molar-refractivity contribution in [2.24, 2.45) is 5.92 Å². The lowest BCUT2D eigenvalue weighted by molar-refractivity contribution is -0.139. The van der Waals surface area contributed by atoms with Gasteiger partial charge in [-0.25, -0.2) is 0 Å². The SMILES string of the molecule is CSc1ccc(CC(C)(C)NCC(O)CO[C@H](C)c2cccc3c2[C@@H]2[C@H](O3)[C@H]2C(=O)O)cc1C. The van der Waals surface area contributed by atoms with Gasteiger partial charge in [-0.2, -0.15) is 0 Å². The van der Waals surface area contributed by atoms with Gasteiger partial charge in [0.2, 0.25) is 0 Å². The number of aryl methyl sites for hydroxylation is 1. The van der Waals surface area contributed by atoms with Crippen LogP contribution in [-0.2, 0) is 16.0 Å². The normalized spacial score (nSPS) is 22.5. The van der Waals surface area contributed by atoms with Crippen LogP contribution in [0.4, 0.5) is 0 Å². The van der Waals surface area contributed by atoms with Gasteiger partial charge in [-0.05, 0) is 69.2 Å². The third-order valence-corrected chi connectivity index (χ3v) is 7.73. The Kier molecular flexibility index (Phi) is 7.29. The topological polar surface area (TPSA) is 88.0 Å². The third-order valence-electron chi connectivity index (χ3n) is 6.83. The maximum atomic E-state index is 11.4. The van der Waals surface area contributed by atoms with E-state index in [0.29, 0.717) is 6.54 Å². The second-order valence-corrected chi connectivity index (χ2v) is 11.0. The van der Waals surface area contributed by atoms with Gasteiger partial charge < -0.3 is 25.0 Å². The number of rotatable bonds is 11. The first-order chi connectivity index (χ1) is 16.1. The Morgan fingerprint density at radius 1 is 1.29 bits per heavy atom. The molecular weight excluding hydrogens is 450 g/mol. The number of hydrogen-bond donors (Lipinski definition) is 3. The van der Waals surface area contributed by atoms with E-state index in [1.807, 2.05) is 25.1 Å². The highest BCUT2D eigenvalue weighted by Gasteiger charge is 2.63. The summed E-state index contributed by atoms with van der Waals surface area (Å²) in [4.78, 5) is 12.7. The van der Waals surface area contributed by atoms with Crippen LogP contribution >= 0.6 is 11.8 Å². The zero-order chi connectivity index (χ0) is 24.6. The first kappa shape index (κ1) is 25.0. The lowest BCUT2D eigenvalue weighted by Crippen LogP contribution is -2.46. The van der Waals surface area contributed by atoms with Gasteiger partial charge in [0, 0.05) is 28.5 Å². The number of aliphatic carboxylic acids is 1. The number of carbonyl (C=O) groups is 1. The molecule has 0 spiro atoms. The molecule has 1 saturated carbocycles. The van der Waals surface area contributed by atoms with Gasteiger partial charge in [-0.15, -0.1) is 11.8 Å². The monoisotopic (exact) mass is 485 g/mol. The smallest absolute Gasteiger partial charge is 0.311 e. The van der Waals surface area contributed by atoms with Crippen LogP contribution in [0.2, 0.25) is 0 Å². The standard InChI is InChI=1S/C27H35NO5S/c1-15-11-17(9-10-21(15)34-5)12-27(3,4)28-13-18(29)14-32-16(2)19-7-6-8-20-22(19)23-24(26(30)31)25(23)33-20/h6-11,16,18,23-25,28-29H,12-14H2,1-5H3,(H,30,31)/t16-,18?,23+,24+,25+/m1/s1. The molecule has 6 nitrogen and oxygen atoms in total. The molecule has 1 unspecified atom stereocenters. The molecule has 0 saturated heterocycles. The zero-order valence-corrected chi connectivity index (χ0v) is 21.3. The number of aliphatic hydroxyl groups excluding tert-OH is 1. The number of fused-ring (bicyclic) bond motifs is 3. The van der Waals surface area contributed by atoms with Crippen molar-refractivity contribution in [3.05, 3.63) is 58.7 Å². The van der Waals surface area contributed by atoms with Gasteiger partial charge in [-0.3, -0.25) is 4.79 Å². The summed E-state index contributed by atoms with van der Waals surface area (Å²) >= 11 is 1.76. The van der Waals surface area contributed by atoms with Crippen molar-refractivity contribution >= 4 is 17.7 Å². The fourth-order valence-corrected chi connectivity index (χ4v) is 5.60. The summed E-state index contributed by atoms with van der Waals surface area (Å²) in [6.07, 6.45) is 1.75. The quantitative estimate of drug-likeness (QED) is 0.409. The average Bonchev–Trinajstić information content (AvgIpc) is 3.37. The molecule has 1 aliphatic heterocycles. The summed E-state index contributed by atoms with van der Waals surface area (Å²) in [6, 6.07) is 12.3. The fraction of sp³-hybridized carbons (Fsp3) is 0.519. The molecule has 3 N–H and O–H groups in total. The van der Waals surface area contributed by atoms with Crippen molar-refractivity contribution in [2.45, 2.75) is 68.8 Å². The van der Waals surface area contributed by atoms with Crippen molar-refractivity contribution in [2.75, 3.05) is 19.4 Å². The number of carboxylic acid groups (broad SMARTS) is 1. The summed E-state index contributed by atoms with van der Waals surface area (Å²) in [5.41, 5.74) is 4.27. The van der Waals surface area contributed by atoms with E-state index in [2.05, 4.69) is 50.5 Å². The molecule has 0 amide bonds. The number of nitrogens with one attached hydrogen (secondary N) is 1. The molecule has 0 bridgehead atoms. The average molecular weight is 486 g/mol. The Morgan fingerprint density at radius 3 is 2.74 bits per heavy atom. The van der Waals surface area contributed by atoms with Crippen LogP contribution in [-0.4, -0.2) is 53.3 Å². The summed E-state index contributed by atoms with van der Waals surface area (Å²) in [7, 11) is 0. The molecule has 1 aliphatic carbocycles. The number of ether oxygens (including phenoxy) is 2. The van der Waals surface area contributed by atoms with Crippen molar-refractivity contribution in [3.8, 4) is 5.75 Å². The number of β-amino-alcohol motifs (C(OH)–C–C–N with tert-alkyl or cyclic N) is 1. The molecule has 34 heavy (non-hydrogen) atoms. The van der Waals surface area contributed by atoms with Gasteiger partial charge in [0.15, 0.2) is 0 Å². The highest BCUT2D eigenvalue weighted by atomic mass is 32.2. The second-order valence-electron chi connectivity index (χ2n) is 10.1. The molecule has 184 valence electrons. The molecule has 0 aromatic heterocycles. The molecule has 2 aromatic carbocycles. The van der Waals surface area contributed by atoms with Crippen molar-refractivity contribution in [1.82, 2.24) is 5.32 Å². The van der Waals surface area contributed by atoms with Gasteiger partial charge in [-0.1, -0.05) is 24.3 Å². The van der Waals surface area contributed by atoms with Crippen molar-refractivity contribution < 1.29 is 24.5 Å². The van der Waals surface area contributed by atoms with Crippen LogP contribution in [0, 0.1) is 12.8 Å². The maximum Gasteiger partial charge on any atom is 0.311 e. The third kappa shape index (κ3) is 5.28.